The van der Waals surface area contributed by atoms with Crippen LogP contribution in [-0.2, 0) is 0 Å². The molecule has 5 nitrogen and oxygen atoms in total. The molecule has 0 saturated carbocycles. The molecule has 0 spiro atoms. The summed E-state index contributed by atoms with van der Waals surface area (Å²) < 4.78 is 6.65. The standard InChI is InChI=1S/C20H17N3O2/c1-13-10-14(2)23(20(24)18(13)11-21)22-12-15-8-9-19(25-3)17-7-5-4-6-16(15)17/h4-10,12H,1-3H3/b22-12-. The lowest BCUT2D eigenvalue weighted by Gasteiger charge is -2.09. The van der Waals surface area contributed by atoms with E-state index in [-0.39, 0.29) is 5.56 Å². The molecule has 0 aliphatic heterocycles. The summed E-state index contributed by atoms with van der Waals surface area (Å²) in [6, 6.07) is 15.3. The lowest BCUT2D eigenvalue weighted by atomic mass is 10.0. The van der Waals surface area contributed by atoms with Crippen LogP contribution >= 0.6 is 0 Å². The Morgan fingerprint density at radius 1 is 1.16 bits per heavy atom. The summed E-state index contributed by atoms with van der Waals surface area (Å²) >= 11 is 0. The maximum absolute atomic E-state index is 12.4. The lowest BCUT2D eigenvalue weighted by molar-refractivity contribution is 0.420. The van der Waals surface area contributed by atoms with E-state index in [1.165, 1.54) is 4.68 Å². The predicted molar refractivity (Wildman–Crippen MR) is 98.4 cm³/mol. The van der Waals surface area contributed by atoms with Crippen LogP contribution in [0.3, 0.4) is 0 Å². The molecule has 1 aromatic heterocycles. The number of nitriles is 1. The molecule has 3 rings (SSSR count). The minimum absolute atomic E-state index is 0.113. The molecule has 5 heteroatoms. The van der Waals surface area contributed by atoms with Gasteiger partial charge in [-0.1, -0.05) is 24.3 Å². The molecule has 25 heavy (non-hydrogen) atoms. The molecule has 0 aliphatic rings. The second-order valence-corrected chi connectivity index (χ2v) is 5.72. The van der Waals surface area contributed by atoms with Gasteiger partial charge in [0.1, 0.15) is 17.4 Å². The molecule has 0 saturated heterocycles. The zero-order chi connectivity index (χ0) is 18.0. The van der Waals surface area contributed by atoms with Crippen LogP contribution in [0.15, 0.2) is 52.4 Å². The van der Waals surface area contributed by atoms with E-state index in [2.05, 4.69) is 5.10 Å². The first-order valence-corrected chi connectivity index (χ1v) is 7.80. The molecule has 3 aromatic rings. The van der Waals surface area contributed by atoms with Crippen molar-refractivity contribution < 1.29 is 4.74 Å². The Kier molecular flexibility index (Phi) is 4.36. The Balaban J connectivity index is 2.15. The number of pyridine rings is 1. The number of nitrogens with zero attached hydrogens (tertiary/aromatic N) is 3. The van der Waals surface area contributed by atoms with Gasteiger partial charge in [-0.3, -0.25) is 4.79 Å². The Hall–Kier alpha value is -3.39. The highest BCUT2D eigenvalue weighted by atomic mass is 16.5. The van der Waals surface area contributed by atoms with Gasteiger partial charge in [-0.25, -0.2) is 4.68 Å². The molecule has 1 heterocycles. The first-order valence-electron chi connectivity index (χ1n) is 7.80. The van der Waals surface area contributed by atoms with Crippen molar-refractivity contribution in [2.75, 3.05) is 7.11 Å². The van der Waals surface area contributed by atoms with E-state index < -0.39 is 5.56 Å². The minimum atomic E-state index is -0.408. The summed E-state index contributed by atoms with van der Waals surface area (Å²) in [5.74, 6) is 0.781. The Bertz CT molecular complexity index is 1090. The lowest BCUT2D eigenvalue weighted by Crippen LogP contribution is -2.22. The quantitative estimate of drug-likeness (QED) is 0.691. The summed E-state index contributed by atoms with van der Waals surface area (Å²) in [7, 11) is 1.63. The molecule has 0 amide bonds. The van der Waals surface area contributed by atoms with Crippen LogP contribution in [0, 0.1) is 25.2 Å². The van der Waals surface area contributed by atoms with Gasteiger partial charge in [0.05, 0.1) is 13.3 Å². The van der Waals surface area contributed by atoms with Crippen LogP contribution in [0.2, 0.25) is 0 Å². The fraction of sp³-hybridized carbons (Fsp3) is 0.150. The fourth-order valence-electron chi connectivity index (χ4n) is 2.87. The monoisotopic (exact) mass is 331 g/mol. The van der Waals surface area contributed by atoms with Gasteiger partial charge in [0.2, 0.25) is 0 Å². The highest BCUT2D eigenvalue weighted by Gasteiger charge is 2.09. The Labute approximate surface area is 145 Å². The van der Waals surface area contributed by atoms with Crippen molar-refractivity contribution in [3.8, 4) is 11.8 Å². The van der Waals surface area contributed by atoms with Gasteiger partial charge < -0.3 is 4.74 Å². The molecule has 124 valence electrons. The van der Waals surface area contributed by atoms with Gasteiger partial charge in [-0.05, 0) is 43.0 Å². The molecule has 0 radical (unpaired) electrons. The topological polar surface area (TPSA) is 67.4 Å². The maximum atomic E-state index is 12.4. The third kappa shape index (κ3) is 2.90. The zero-order valence-electron chi connectivity index (χ0n) is 14.3. The van der Waals surface area contributed by atoms with E-state index in [1.54, 1.807) is 33.2 Å². The van der Waals surface area contributed by atoms with Crippen molar-refractivity contribution >= 4 is 17.0 Å². The zero-order valence-corrected chi connectivity index (χ0v) is 14.3. The second-order valence-electron chi connectivity index (χ2n) is 5.72. The van der Waals surface area contributed by atoms with Crippen LogP contribution in [0.5, 0.6) is 5.75 Å². The number of methoxy groups -OCH3 is 1. The van der Waals surface area contributed by atoms with Crippen molar-refractivity contribution in [3.63, 3.8) is 0 Å². The molecule has 0 bridgehead atoms. The second kappa shape index (κ2) is 6.62. The van der Waals surface area contributed by atoms with Crippen LogP contribution in [0.1, 0.15) is 22.4 Å². The summed E-state index contributed by atoms with van der Waals surface area (Å²) in [5, 5.41) is 15.4. The highest BCUT2D eigenvalue weighted by molar-refractivity contribution is 6.02. The molecule has 0 atom stereocenters. The van der Waals surface area contributed by atoms with Crippen LogP contribution in [0.25, 0.3) is 10.8 Å². The van der Waals surface area contributed by atoms with Gasteiger partial charge >= 0.3 is 0 Å². The van der Waals surface area contributed by atoms with Gasteiger partial charge in [0.25, 0.3) is 5.56 Å². The van der Waals surface area contributed by atoms with E-state index in [9.17, 15) is 4.79 Å². The number of aromatic nitrogens is 1. The number of rotatable bonds is 3. The van der Waals surface area contributed by atoms with Gasteiger partial charge in [0.15, 0.2) is 0 Å². The summed E-state index contributed by atoms with van der Waals surface area (Å²) in [6.07, 6.45) is 1.63. The van der Waals surface area contributed by atoms with Crippen molar-refractivity contribution in [2.45, 2.75) is 13.8 Å². The van der Waals surface area contributed by atoms with Crippen LogP contribution < -0.4 is 10.3 Å². The number of hydrogen-bond acceptors (Lipinski definition) is 4. The predicted octanol–water partition coefficient (Wildman–Crippen LogP) is 3.38. The Morgan fingerprint density at radius 3 is 2.56 bits per heavy atom. The maximum Gasteiger partial charge on any atom is 0.289 e. The summed E-state index contributed by atoms with van der Waals surface area (Å²) in [5.41, 5.74) is 1.90. The van der Waals surface area contributed by atoms with Crippen LogP contribution in [-0.4, -0.2) is 18.0 Å². The smallest absolute Gasteiger partial charge is 0.289 e. The Morgan fingerprint density at radius 2 is 1.88 bits per heavy atom. The van der Waals surface area contributed by atoms with Gasteiger partial charge in [0, 0.05) is 16.6 Å². The normalized spacial score (nSPS) is 11.0. The molecule has 0 fully saturated rings. The highest BCUT2D eigenvalue weighted by Crippen LogP contribution is 2.27. The fourth-order valence-corrected chi connectivity index (χ4v) is 2.87. The first-order chi connectivity index (χ1) is 12.1. The first kappa shape index (κ1) is 16.5. The van der Waals surface area contributed by atoms with Gasteiger partial charge in [-0.2, -0.15) is 10.4 Å². The third-order valence-corrected chi connectivity index (χ3v) is 4.12. The number of ether oxygens (including phenoxy) is 1. The SMILES string of the molecule is COc1ccc(/C=N\n2c(C)cc(C)c(C#N)c2=O)c2ccccc12. The summed E-state index contributed by atoms with van der Waals surface area (Å²) in [4.78, 5) is 12.4. The van der Waals surface area contributed by atoms with E-state index in [1.807, 2.05) is 42.5 Å². The number of hydrogen-bond donors (Lipinski definition) is 0. The van der Waals surface area contributed by atoms with Crippen molar-refractivity contribution in [1.29, 1.82) is 5.26 Å². The van der Waals surface area contributed by atoms with E-state index in [0.29, 0.717) is 11.3 Å². The molecule has 0 unspecified atom stereocenters. The van der Waals surface area contributed by atoms with E-state index in [0.717, 1.165) is 22.1 Å². The molecular weight excluding hydrogens is 314 g/mol. The molecule has 0 N–H and O–H groups in total. The van der Waals surface area contributed by atoms with Crippen molar-refractivity contribution in [1.82, 2.24) is 4.68 Å². The third-order valence-electron chi connectivity index (χ3n) is 4.12. The van der Waals surface area contributed by atoms with Crippen LogP contribution in [0.4, 0.5) is 0 Å². The number of fused-ring (bicyclic) bond motifs is 1. The molecule has 0 aliphatic carbocycles. The summed E-state index contributed by atoms with van der Waals surface area (Å²) in [6.45, 7) is 3.54. The van der Waals surface area contributed by atoms with Gasteiger partial charge in [-0.15, -0.1) is 0 Å². The van der Waals surface area contributed by atoms with Crippen molar-refractivity contribution in [2.24, 2.45) is 5.10 Å². The molecule has 2 aromatic carbocycles. The van der Waals surface area contributed by atoms with Crippen molar-refractivity contribution in [3.05, 3.63) is 75.2 Å². The van der Waals surface area contributed by atoms with E-state index >= 15 is 0 Å². The molecular formula is C20H17N3O2. The largest absolute Gasteiger partial charge is 0.496 e. The van der Waals surface area contributed by atoms with E-state index in [4.69, 9.17) is 10.00 Å². The average Bonchev–Trinajstić information content (AvgIpc) is 2.61. The number of benzene rings is 2. The number of aryl methyl sites for hydroxylation is 2. The minimum Gasteiger partial charge on any atom is -0.496 e. The average molecular weight is 331 g/mol.